The molecule has 92 valence electrons. The van der Waals surface area contributed by atoms with Crippen LogP contribution in [0.5, 0.6) is 0 Å². The fraction of sp³-hybridized carbons (Fsp3) is 0.214. The van der Waals surface area contributed by atoms with Gasteiger partial charge in [0.05, 0.1) is 5.69 Å². The predicted octanol–water partition coefficient (Wildman–Crippen LogP) is 2.33. The van der Waals surface area contributed by atoms with Gasteiger partial charge in [-0.3, -0.25) is 14.5 Å². The van der Waals surface area contributed by atoms with Gasteiger partial charge in [-0.05, 0) is 38.1 Å². The predicted molar refractivity (Wildman–Crippen MR) is 70.3 cm³/mol. The summed E-state index contributed by atoms with van der Waals surface area (Å²) >= 11 is 0. The van der Waals surface area contributed by atoms with Crippen LogP contribution in [0.15, 0.2) is 30.6 Å². The zero-order valence-electron chi connectivity index (χ0n) is 10.7. The molecular formula is C14H15N3O. The lowest BCUT2D eigenvalue weighted by molar-refractivity contribution is 0.104. The molecule has 0 N–H and O–H groups in total. The summed E-state index contributed by atoms with van der Waals surface area (Å²) < 4.78 is 1.81. The van der Waals surface area contributed by atoms with Gasteiger partial charge in [0, 0.05) is 36.3 Å². The van der Waals surface area contributed by atoms with Crippen LogP contribution in [0.3, 0.4) is 0 Å². The minimum Gasteiger partial charge on any atom is -0.289 e. The van der Waals surface area contributed by atoms with E-state index in [1.54, 1.807) is 30.6 Å². The molecule has 4 nitrogen and oxygen atoms in total. The van der Waals surface area contributed by atoms with Crippen molar-refractivity contribution in [2.24, 2.45) is 7.05 Å². The zero-order valence-corrected chi connectivity index (χ0v) is 10.7. The second-order valence-corrected chi connectivity index (χ2v) is 4.15. The van der Waals surface area contributed by atoms with Gasteiger partial charge in [0.15, 0.2) is 5.78 Å². The molecule has 0 radical (unpaired) electrons. The highest BCUT2D eigenvalue weighted by molar-refractivity contribution is 6.06. The standard InChI is InChI=1S/C14H15N3O/c1-10-13(11(2)17(3)16-10)6-7-14(18)12-5-4-8-15-9-12/h4-9H,1-3H3/b7-6+. The van der Waals surface area contributed by atoms with E-state index in [9.17, 15) is 4.79 Å². The van der Waals surface area contributed by atoms with Crippen molar-refractivity contribution in [1.29, 1.82) is 0 Å². The molecule has 18 heavy (non-hydrogen) atoms. The van der Waals surface area contributed by atoms with Crippen LogP contribution in [0.4, 0.5) is 0 Å². The Bertz CT molecular complexity index is 597. The number of carbonyl (C=O) groups is 1. The maximum atomic E-state index is 11.9. The molecule has 0 spiro atoms. The Morgan fingerprint density at radius 1 is 1.39 bits per heavy atom. The molecule has 2 heterocycles. The molecule has 0 aromatic carbocycles. The molecule has 2 aromatic rings. The fourth-order valence-corrected chi connectivity index (χ4v) is 1.79. The van der Waals surface area contributed by atoms with Crippen molar-refractivity contribution in [3.05, 3.63) is 53.1 Å². The summed E-state index contributed by atoms with van der Waals surface area (Å²) in [5, 5.41) is 4.30. The third-order valence-corrected chi connectivity index (χ3v) is 2.91. The minimum absolute atomic E-state index is 0.0502. The zero-order chi connectivity index (χ0) is 13.1. The highest BCUT2D eigenvalue weighted by atomic mass is 16.1. The van der Waals surface area contributed by atoms with Crippen molar-refractivity contribution in [2.75, 3.05) is 0 Å². The Balaban J connectivity index is 2.24. The van der Waals surface area contributed by atoms with Crippen LogP contribution in [-0.4, -0.2) is 20.5 Å². The minimum atomic E-state index is -0.0502. The summed E-state index contributed by atoms with van der Waals surface area (Å²) in [6, 6.07) is 3.50. The number of ketones is 1. The Morgan fingerprint density at radius 2 is 2.17 bits per heavy atom. The van der Waals surface area contributed by atoms with Crippen molar-refractivity contribution >= 4 is 11.9 Å². The number of aryl methyl sites for hydroxylation is 2. The highest BCUT2D eigenvalue weighted by Crippen LogP contribution is 2.14. The van der Waals surface area contributed by atoms with Crippen LogP contribution in [0, 0.1) is 13.8 Å². The molecule has 0 aliphatic carbocycles. The Morgan fingerprint density at radius 3 is 2.72 bits per heavy atom. The van der Waals surface area contributed by atoms with Crippen molar-refractivity contribution in [1.82, 2.24) is 14.8 Å². The third kappa shape index (κ3) is 2.37. The molecule has 0 unspecified atom stereocenters. The number of hydrogen-bond acceptors (Lipinski definition) is 3. The first-order chi connectivity index (χ1) is 8.59. The van der Waals surface area contributed by atoms with Gasteiger partial charge in [-0.2, -0.15) is 5.10 Å². The van der Waals surface area contributed by atoms with E-state index < -0.39 is 0 Å². The number of allylic oxidation sites excluding steroid dienone is 1. The quantitative estimate of drug-likeness (QED) is 0.612. The summed E-state index contributed by atoms with van der Waals surface area (Å²) in [5.74, 6) is -0.0502. The second kappa shape index (κ2) is 4.96. The molecule has 0 aliphatic heterocycles. The summed E-state index contributed by atoms with van der Waals surface area (Å²) in [4.78, 5) is 15.8. The number of pyridine rings is 1. The molecule has 2 aromatic heterocycles. The largest absolute Gasteiger partial charge is 0.289 e. The summed E-state index contributed by atoms with van der Waals surface area (Å²) in [6.07, 6.45) is 6.59. The van der Waals surface area contributed by atoms with Crippen LogP contribution in [0.1, 0.15) is 27.3 Å². The van der Waals surface area contributed by atoms with Crippen LogP contribution in [0.2, 0.25) is 0 Å². The van der Waals surface area contributed by atoms with Crippen molar-refractivity contribution in [3.63, 3.8) is 0 Å². The SMILES string of the molecule is Cc1nn(C)c(C)c1/C=C/C(=O)c1cccnc1. The third-order valence-electron chi connectivity index (χ3n) is 2.91. The molecule has 0 saturated carbocycles. The molecule has 0 saturated heterocycles. The lowest BCUT2D eigenvalue weighted by atomic mass is 10.1. The van der Waals surface area contributed by atoms with E-state index in [1.807, 2.05) is 31.7 Å². The van der Waals surface area contributed by atoms with Gasteiger partial charge in [-0.15, -0.1) is 0 Å². The number of rotatable bonds is 3. The van der Waals surface area contributed by atoms with E-state index in [0.29, 0.717) is 5.56 Å². The average molecular weight is 241 g/mol. The Kier molecular flexibility index (Phi) is 3.37. The molecule has 0 bridgehead atoms. The Labute approximate surface area is 106 Å². The van der Waals surface area contributed by atoms with Gasteiger partial charge < -0.3 is 0 Å². The second-order valence-electron chi connectivity index (χ2n) is 4.15. The van der Waals surface area contributed by atoms with E-state index in [-0.39, 0.29) is 5.78 Å². The monoisotopic (exact) mass is 241 g/mol. The molecular weight excluding hydrogens is 226 g/mol. The first kappa shape index (κ1) is 12.2. The van der Waals surface area contributed by atoms with Gasteiger partial charge in [0.1, 0.15) is 0 Å². The normalized spacial score (nSPS) is 11.1. The van der Waals surface area contributed by atoms with Gasteiger partial charge in [-0.25, -0.2) is 0 Å². The number of hydrogen-bond donors (Lipinski definition) is 0. The van der Waals surface area contributed by atoms with E-state index in [4.69, 9.17) is 0 Å². The molecule has 0 atom stereocenters. The summed E-state index contributed by atoms with van der Waals surface area (Å²) in [5.41, 5.74) is 3.55. The molecule has 0 fully saturated rings. The van der Waals surface area contributed by atoms with Crippen molar-refractivity contribution in [2.45, 2.75) is 13.8 Å². The van der Waals surface area contributed by atoms with Crippen LogP contribution in [0.25, 0.3) is 6.08 Å². The van der Waals surface area contributed by atoms with Crippen LogP contribution in [-0.2, 0) is 7.05 Å². The first-order valence-electron chi connectivity index (χ1n) is 5.72. The van der Waals surface area contributed by atoms with Gasteiger partial charge in [-0.1, -0.05) is 0 Å². The maximum absolute atomic E-state index is 11.9. The van der Waals surface area contributed by atoms with Crippen LogP contribution >= 0.6 is 0 Å². The smallest absolute Gasteiger partial charge is 0.187 e. The average Bonchev–Trinajstić information content (AvgIpc) is 2.62. The highest BCUT2D eigenvalue weighted by Gasteiger charge is 2.07. The van der Waals surface area contributed by atoms with E-state index in [1.165, 1.54) is 0 Å². The van der Waals surface area contributed by atoms with Gasteiger partial charge in [0.2, 0.25) is 0 Å². The number of aromatic nitrogens is 3. The summed E-state index contributed by atoms with van der Waals surface area (Å²) in [7, 11) is 1.89. The molecule has 4 heteroatoms. The van der Waals surface area contributed by atoms with Crippen molar-refractivity contribution in [3.8, 4) is 0 Å². The molecule has 2 rings (SSSR count). The maximum Gasteiger partial charge on any atom is 0.187 e. The van der Waals surface area contributed by atoms with E-state index in [0.717, 1.165) is 17.0 Å². The first-order valence-corrected chi connectivity index (χ1v) is 5.72. The van der Waals surface area contributed by atoms with E-state index in [2.05, 4.69) is 10.1 Å². The van der Waals surface area contributed by atoms with E-state index >= 15 is 0 Å². The van der Waals surface area contributed by atoms with Gasteiger partial charge >= 0.3 is 0 Å². The lowest BCUT2D eigenvalue weighted by Gasteiger charge is -1.95. The molecule has 0 aliphatic rings. The topological polar surface area (TPSA) is 47.8 Å². The number of nitrogens with zero attached hydrogens (tertiary/aromatic N) is 3. The fourth-order valence-electron chi connectivity index (χ4n) is 1.79. The van der Waals surface area contributed by atoms with Crippen molar-refractivity contribution < 1.29 is 4.79 Å². The molecule has 0 amide bonds. The van der Waals surface area contributed by atoms with Gasteiger partial charge in [0.25, 0.3) is 0 Å². The Hall–Kier alpha value is -2.23. The lowest BCUT2D eigenvalue weighted by Crippen LogP contribution is -1.95. The van der Waals surface area contributed by atoms with Crippen LogP contribution < -0.4 is 0 Å². The number of carbonyl (C=O) groups excluding carboxylic acids is 1. The summed E-state index contributed by atoms with van der Waals surface area (Å²) in [6.45, 7) is 3.91.